The van der Waals surface area contributed by atoms with E-state index < -0.39 is 12.0 Å². The molecule has 2 unspecified atom stereocenters. The van der Waals surface area contributed by atoms with Gasteiger partial charge in [0.1, 0.15) is 6.04 Å². The number of aromatic nitrogens is 1. The molecule has 4 rings (SSSR count). The number of carboxylic acids is 1. The van der Waals surface area contributed by atoms with E-state index in [0.29, 0.717) is 6.42 Å². The van der Waals surface area contributed by atoms with Gasteiger partial charge in [-0.25, -0.2) is 0 Å². The van der Waals surface area contributed by atoms with Gasteiger partial charge >= 0.3 is 5.97 Å². The summed E-state index contributed by atoms with van der Waals surface area (Å²) in [6.45, 7) is 5.00. The fourth-order valence-corrected chi connectivity index (χ4v) is 4.54. The van der Waals surface area contributed by atoms with Gasteiger partial charge in [0.05, 0.1) is 6.04 Å². The number of benzene rings is 2. The van der Waals surface area contributed by atoms with Gasteiger partial charge in [0.25, 0.3) is 0 Å². The van der Waals surface area contributed by atoms with Gasteiger partial charge in [0, 0.05) is 17.8 Å². The van der Waals surface area contributed by atoms with Gasteiger partial charge in [-0.1, -0.05) is 47.9 Å². The highest BCUT2D eigenvalue weighted by molar-refractivity contribution is 5.82. The zero-order valence-corrected chi connectivity index (χ0v) is 16.4. The molecule has 2 heterocycles. The number of aryl methyl sites for hydroxylation is 2. The number of piperidine rings is 1. The van der Waals surface area contributed by atoms with Crippen molar-refractivity contribution >= 4 is 16.7 Å². The Morgan fingerprint density at radius 3 is 2.57 bits per heavy atom. The molecule has 0 bridgehead atoms. The summed E-state index contributed by atoms with van der Waals surface area (Å²) >= 11 is 0. The van der Waals surface area contributed by atoms with Crippen molar-refractivity contribution in [1.82, 2.24) is 9.88 Å². The maximum atomic E-state index is 12.0. The standard InChI is InChI=1S/C24H26N2O2/c1-16-11-17(2)13-21(12-16)23(26-10-4-3-5-22(26)24(27)28)19-6-7-20-15-25-9-8-18(20)14-19/h6-9,11-15,22-23H,3-5,10H2,1-2H3,(H,27,28). The van der Waals surface area contributed by atoms with Crippen molar-refractivity contribution in [3.05, 3.63) is 77.1 Å². The monoisotopic (exact) mass is 374 g/mol. The number of rotatable bonds is 4. The number of nitrogens with zero attached hydrogens (tertiary/aromatic N) is 2. The van der Waals surface area contributed by atoms with Gasteiger partial charge in [0.2, 0.25) is 0 Å². The van der Waals surface area contributed by atoms with E-state index in [1.165, 1.54) is 16.7 Å². The Morgan fingerprint density at radius 1 is 1.04 bits per heavy atom. The van der Waals surface area contributed by atoms with E-state index in [9.17, 15) is 9.90 Å². The van der Waals surface area contributed by atoms with E-state index in [0.717, 1.165) is 35.7 Å². The third kappa shape index (κ3) is 3.65. The van der Waals surface area contributed by atoms with E-state index in [1.807, 2.05) is 12.3 Å². The van der Waals surface area contributed by atoms with Gasteiger partial charge in [-0.05, 0) is 61.9 Å². The Hall–Kier alpha value is -2.72. The van der Waals surface area contributed by atoms with Crippen LogP contribution in [0.3, 0.4) is 0 Å². The minimum atomic E-state index is -0.723. The molecule has 1 saturated heterocycles. The predicted octanol–water partition coefficient (Wildman–Crippen LogP) is 4.88. The van der Waals surface area contributed by atoms with Gasteiger partial charge in [-0.3, -0.25) is 14.7 Å². The molecule has 1 N–H and O–H groups in total. The molecule has 0 spiro atoms. The van der Waals surface area contributed by atoms with E-state index in [1.54, 1.807) is 6.20 Å². The van der Waals surface area contributed by atoms with Crippen LogP contribution in [0.5, 0.6) is 0 Å². The quantitative estimate of drug-likeness (QED) is 0.707. The normalized spacial score (nSPS) is 18.9. The molecule has 4 heteroatoms. The number of pyridine rings is 1. The Kier molecular flexibility index (Phi) is 5.14. The molecule has 144 valence electrons. The molecule has 0 radical (unpaired) electrons. The first-order valence-corrected chi connectivity index (χ1v) is 9.93. The minimum absolute atomic E-state index is 0.0717. The lowest BCUT2D eigenvalue weighted by molar-refractivity contribution is -0.145. The molecule has 0 aliphatic carbocycles. The zero-order valence-electron chi connectivity index (χ0n) is 16.4. The second-order valence-electron chi connectivity index (χ2n) is 7.89. The topological polar surface area (TPSA) is 53.4 Å². The molecule has 2 aromatic carbocycles. The molecule has 1 fully saturated rings. The van der Waals surface area contributed by atoms with Crippen molar-refractivity contribution in [2.24, 2.45) is 0 Å². The third-order valence-corrected chi connectivity index (χ3v) is 5.70. The Bertz CT molecular complexity index is 994. The van der Waals surface area contributed by atoms with E-state index in [4.69, 9.17) is 0 Å². The lowest BCUT2D eigenvalue weighted by Crippen LogP contribution is -2.46. The predicted molar refractivity (Wildman–Crippen MR) is 111 cm³/mol. The number of carbonyl (C=O) groups is 1. The first-order valence-electron chi connectivity index (χ1n) is 9.93. The molecule has 1 aliphatic heterocycles. The summed E-state index contributed by atoms with van der Waals surface area (Å²) in [6, 6.07) is 14.5. The maximum absolute atomic E-state index is 12.0. The highest BCUT2D eigenvalue weighted by Crippen LogP contribution is 2.36. The SMILES string of the molecule is Cc1cc(C)cc(C(c2ccc3cnccc3c2)N2CCCCC2C(=O)O)c1. The summed E-state index contributed by atoms with van der Waals surface area (Å²) < 4.78 is 0. The van der Waals surface area contributed by atoms with Crippen LogP contribution in [0.25, 0.3) is 10.8 Å². The first kappa shape index (κ1) is 18.6. The number of aliphatic carboxylic acids is 1. The number of hydrogen-bond donors (Lipinski definition) is 1. The van der Waals surface area contributed by atoms with Crippen LogP contribution in [0.15, 0.2) is 54.9 Å². The summed E-state index contributed by atoms with van der Waals surface area (Å²) in [5, 5.41) is 12.1. The van der Waals surface area contributed by atoms with Crippen molar-refractivity contribution in [1.29, 1.82) is 0 Å². The average molecular weight is 374 g/mol. The minimum Gasteiger partial charge on any atom is -0.480 e. The number of hydrogen-bond acceptors (Lipinski definition) is 3. The van der Waals surface area contributed by atoms with Crippen molar-refractivity contribution in [3.63, 3.8) is 0 Å². The van der Waals surface area contributed by atoms with E-state index in [2.05, 4.69) is 60.1 Å². The maximum Gasteiger partial charge on any atom is 0.320 e. The molecule has 28 heavy (non-hydrogen) atoms. The van der Waals surface area contributed by atoms with Gasteiger partial charge in [-0.15, -0.1) is 0 Å². The highest BCUT2D eigenvalue weighted by Gasteiger charge is 2.35. The van der Waals surface area contributed by atoms with Crippen molar-refractivity contribution in [2.75, 3.05) is 6.54 Å². The van der Waals surface area contributed by atoms with Gasteiger partial charge < -0.3 is 5.11 Å². The van der Waals surface area contributed by atoms with Crippen LogP contribution in [0.4, 0.5) is 0 Å². The third-order valence-electron chi connectivity index (χ3n) is 5.70. The lowest BCUT2D eigenvalue weighted by atomic mass is 9.89. The van der Waals surface area contributed by atoms with E-state index in [-0.39, 0.29) is 6.04 Å². The van der Waals surface area contributed by atoms with E-state index >= 15 is 0 Å². The fraction of sp³-hybridized carbons (Fsp3) is 0.333. The Morgan fingerprint density at radius 2 is 1.82 bits per heavy atom. The van der Waals surface area contributed by atoms with Crippen LogP contribution in [-0.4, -0.2) is 33.5 Å². The molecule has 0 saturated carbocycles. The van der Waals surface area contributed by atoms with Gasteiger partial charge in [0.15, 0.2) is 0 Å². The molecule has 1 aliphatic rings. The summed E-state index contributed by atoms with van der Waals surface area (Å²) in [4.78, 5) is 18.4. The number of carboxylic acid groups (broad SMARTS) is 1. The second kappa shape index (κ2) is 7.72. The summed E-state index contributed by atoms with van der Waals surface area (Å²) in [6.07, 6.45) is 6.37. The van der Waals surface area contributed by atoms with Crippen LogP contribution in [0, 0.1) is 13.8 Å². The molecular weight excluding hydrogens is 348 g/mol. The summed E-state index contributed by atoms with van der Waals surface area (Å²) in [5.74, 6) is -0.723. The van der Waals surface area contributed by atoms with Crippen molar-refractivity contribution in [3.8, 4) is 0 Å². The second-order valence-corrected chi connectivity index (χ2v) is 7.89. The van der Waals surface area contributed by atoms with Crippen LogP contribution in [0.2, 0.25) is 0 Å². The van der Waals surface area contributed by atoms with Crippen LogP contribution >= 0.6 is 0 Å². The summed E-state index contributed by atoms with van der Waals surface area (Å²) in [7, 11) is 0. The largest absolute Gasteiger partial charge is 0.480 e. The zero-order chi connectivity index (χ0) is 19.7. The van der Waals surface area contributed by atoms with Crippen LogP contribution < -0.4 is 0 Å². The molecule has 1 aromatic heterocycles. The molecule has 2 atom stereocenters. The summed E-state index contributed by atoms with van der Waals surface area (Å²) in [5.41, 5.74) is 4.71. The Labute approximate surface area is 165 Å². The Balaban J connectivity index is 1.87. The lowest BCUT2D eigenvalue weighted by Gasteiger charge is -2.40. The van der Waals surface area contributed by atoms with Crippen molar-refractivity contribution < 1.29 is 9.90 Å². The van der Waals surface area contributed by atoms with Crippen LogP contribution in [0.1, 0.15) is 47.6 Å². The number of fused-ring (bicyclic) bond motifs is 1. The fourth-order valence-electron chi connectivity index (χ4n) is 4.54. The average Bonchev–Trinajstić information content (AvgIpc) is 2.68. The molecular formula is C24H26N2O2. The molecule has 4 nitrogen and oxygen atoms in total. The number of likely N-dealkylation sites (tertiary alicyclic amines) is 1. The van der Waals surface area contributed by atoms with Gasteiger partial charge in [-0.2, -0.15) is 0 Å². The van der Waals surface area contributed by atoms with Crippen LogP contribution in [-0.2, 0) is 4.79 Å². The first-order chi connectivity index (χ1) is 13.5. The van der Waals surface area contributed by atoms with Crippen molar-refractivity contribution in [2.45, 2.75) is 45.2 Å². The highest BCUT2D eigenvalue weighted by atomic mass is 16.4. The molecule has 3 aromatic rings. The smallest absolute Gasteiger partial charge is 0.320 e. The molecule has 0 amide bonds.